The summed E-state index contributed by atoms with van der Waals surface area (Å²) >= 11 is 0. The number of halogens is 1. The molecular weight excluding hydrogens is 263 g/mol. The molecule has 5 nitrogen and oxygen atoms in total. The summed E-state index contributed by atoms with van der Waals surface area (Å²) in [6, 6.07) is 4.23. The first-order valence-corrected chi connectivity index (χ1v) is 6.41. The summed E-state index contributed by atoms with van der Waals surface area (Å²) in [5.41, 5.74) is 0.488. The maximum Gasteiger partial charge on any atom is 0.236 e. The molecule has 0 saturated heterocycles. The number of carbonyl (C=O) groups excluding carboxylic acids is 1. The van der Waals surface area contributed by atoms with E-state index in [1.165, 1.54) is 13.2 Å². The lowest BCUT2D eigenvalue weighted by atomic mass is 10.2. The summed E-state index contributed by atoms with van der Waals surface area (Å²) in [5.74, 6) is -0.0311. The summed E-state index contributed by atoms with van der Waals surface area (Å²) in [6.07, 6.45) is 0. The Morgan fingerprint density at radius 3 is 2.75 bits per heavy atom. The van der Waals surface area contributed by atoms with Gasteiger partial charge in [0.15, 0.2) is 0 Å². The van der Waals surface area contributed by atoms with Crippen LogP contribution < -0.4 is 15.4 Å². The Bertz CT molecular complexity index is 440. The first kappa shape index (κ1) is 16.4. The van der Waals surface area contributed by atoms with Crippen LogP contribution in [-0.2, 0) is 16.1 Å². The maximum atomic E-state index is 13.7. The molecule has 0 heterocycles. The average Bonchev–Trinajstić information content (AvgIpc) is 2.45. The zero-order valence-corrected chi connectivity index (χ0v) is 12.0. The third-order valence-corrected chi connectivity index (χ3v) is 2.86. The van der Waals surface area contributed by atoms with Crippen LogP contribution in [0.2, 0.25) is 0 Å². The molecule has 0 spiro atoms. The Morgan fingerprint density at radius 2 is 2.15 bits per heavy atom. The molecule has 0 bridgehead atoms. The largest absolute Gasteiger partial charge is 0.497 e. The lowest BCUT2D eigenvalue weighted by molar-refractivity contribution is -0.123. The number of benzene rings is 1. The Kier molecular flexibility index (Phi) is 6.97. The first-order valence-electron chi connectivity index (χ1n) is 6.41. The van der Waals surface area contributed by atoms with E-state index in [1.807, 2.05) is 0 Å². The molecular formula is C14H21FN2O3. The Balaban J connectivity index is 2.44. The van der Waals surface area contributed by atoms with E-state index in [9.17, 15) is 9.18 Å². The Labute approximate surface area is 118 Å². The molecule has 0 aromatic heterocycles. The molecule has 1 rings (SSSR count). The number of hydrogen-bond acceptors (Lipinski definition) is 4. The van der Waals surface area contributed by atoms with Crippen LogP contribution in [0.4, 0.5) is 4.39 Å². The molecule has 0 aliphatic heterocycles. The fraction of sp³-hybridized carbons (Fsp3) is 0.500. The van der Waals surface area contributed by atoms with Crippen molar-refractivity contribution >= 4 is 5.91 Å². The van der Waals surface area contributed by atoms with Crippen molar-refractivity contribution in [2.45, 2.75) is 19.5 Å². The van der Waals surface area contributed by atoms with E-state index in [0.29, 0.717) is 24.5 Å². The molecule has 0 radical (unpaired) electrons. The zero-order chi connectivity index (χ0) is 15.0. The van der Waals surface area contributed by atoms with E-state index in [1.54, 1.807) is 26.2 Å². The number of amides is 1. The number of methoxy groups -OCH3 is 2. The zero-order valence-electron chi connectivity index (χ0n) is 12.0. The van der Waals surface area contributed by atoms with Crippen molar-refractivity contribution in [2.24, 2.45) is 0 Å². The van der Waals surface area contributed by atoms with Gasteiger partial charge in [0.25, 0.3) is 0 Å². The minimum absolute atomic E-state index is 0.143. The minimum Gasteiger partial charge on any atom is -0.497 e. The van der Waals surface area contributed by atoms with Crippen LogP contribution in [0.1, 0.15) is 12.5 Å². The Morgan fingerprint density at radius 1 is 1.40 bits per heavy atom. The monoisotopic (exact) mass is 284 g/mol. The van der Waals surface area contributed by atoms with Gasteiger partial charge < -0.3 is 20.1 Å². The van der Waals surface area contributed by atoms with Crippen molar-refractivity contribution in [1.29, 1.82) is 0 Å². The molecule has 6 heteroatoms. The van der Waals surface area contributed by atoms with Gasteiger partial charge >= 0.3 is 0 Å². The van der Waals surface area contributed by atoms with Gasteiger partial charge in [-0.2, -0.15) is 0 Å². The molecule has 0 saturated carbocycles. The van der Waals surface area contributed by atoms with Crippen molar-refractivity contribution in [3.05, 3.63) is 29.6 Å². The van der Waals surface area contributed by atoms with Gasteiger partial charge in [-0.05, 0) is 13.0 Å². The third-order valence-electron chi connectivity index (χ3n) is 2.86. The first-order chi connectivity index (χ1) is 9.58. The number of rotatable bonds is 8. The predicted octanol–water partition coefficient (Wildman–Crippen LogP) is 1.07. The highest BCUT2D eigenvalue weighted by molar-refractivity contribution is 5.81. The second-order valence-corrected chi connectivity index (χ2v) is 4.34. The van der Waals surface area contributed by atoms with Crippen molar-refractivity contribution < 1.29 is 18.7 Å². The van der Waals surface area contributed by atoms with E-state index < -0.39 is 6.04 Å². The van der Waals surface area contributed by atoms with Crippen LogP contribution in [-0.4, -0.2) is 39.3 Å². The molecule has 1 aromatic carbocycles. The second-order valence-electron chi connectivity index (χ2n) is 4.34. The standard InChI is InChI=1S/C14H21FN2O3/c1-10(14(18)16-6-7-19-2)17-9-11-4-5-12(20-3)8-13(11)15/h4-5,8,10,17H,6-7,9H2,1-3H3,(H,16,18). The number of carbonyl (C=O) groups is 1. The summed E-state index contributed by atoms with van der Waals surface area (Å²) < 4.78 is 23.5. The van der Waals surface area contributed by atoms with E-state index in [2.05, 4.69) is 10.6 Å². The van der Waals surface area contributed by atoms with Gasteiger partial charge in [0.1, 0.15) is 11.6 Å². The molecule has 20 heavy (non-hydrogen) atoms. The molecule has 0 fully saturated rings. The van der Waals surface area contributed by atoms with Crippen LogP contribution in [0.15, 0.2) is 18.2 Å². The van der Waals surface area contributed by atoms with Gasteiger partial charge in [-0.25, -0.2) is 4.39 Å². The summed E-state index contributed by atoms with van der Waals surface area (Å²) in [7, 11) is 3.05. The topological polar surface area (TPSA) is 59.6 Å². The second kappa shape index (κ2) is 8.50. The average molecular weight is 284 g/mol. The lowest BCUT2D eigenvalue weighted by Crippen LogP contribution is -2.42. The molecule has 1 amide bonds. The molecule has 2 N–H and O–H groups in total. The lowest BCUT2D eigenvalue weighted by Gasteiger charge is -2.14. The molecule has 112 valence electrons. The smallest absolute Gasteiger partial charge is 0.236 e. The van der Waals surface area contributed by atoms with Gasteiger partial charge in [0.2, 0.25) is 5.91 Å². The quantitative estimate of drug-likeness (QED) is 0.701. The number of nitrogens with one attached hydrogen (secondary N) is 2. The Hall–Kier alpha value is -1.66. The van der Waals surface area contributed by atoms with Crippen LogP contribution in [0.5, 0.6) is 5.75 Å². The minimum atomic E-state index is -0.409. The van der Waals surface area contributed by atoms with Crippen LogP contribution >= 0.6 is 0 Å². The van der Waals surface area contributed by atoms with Crippen molar-refractivity contribution in [3.8, 4) is 5.75 Å². The van der Waals surface area contributed by atoms with Gasteiger partial charge in [-0.3, -0.25) is 4.79 Å². The van der Waals surface area contributed by atoms with E-state index in [0.717, 1.165) is 0 Å². The van der Waals surface area contributed by atoms with Crippen LogP contribution in [0, 0.1) is 5.82 Å². The predicted molar refractivity (Wildman–Crippen MR) is 74.1 cm³/mol. The summed E-state index contributed by atoms with van der Waals surface area (Å²) in [6.45, 7) is 2.92. The van der Waals surface area contributed by atoms with E-state index in [4.69, 9.17) is 9.47 Å². The number of ether oxygens (including phenoxy) is 2. The highest BCUT2D eigenvalue weighted by Gasteiger charge is 2.12. The highest BCUT2D eigenvalue weighted by Crippen LogP contribution is 2.16. The van der Waals surface area contributed by atoms with Gasteiger partial charge in [0, 0.05) is 31.8 Å². The molecule has 0 aliphatic rings. The molecule has 1 atom stereocenters. The molecule has 1 aromatic rings. The third kappa shape index (κ3) is 5.14. The molecule has 0 aliphatic carbocycles. The summed E-state index contributed by atoms with van der Waals surface area (Å²) in [4.78, 5) is 11.7. The normalized spacial score (nSPS) is 12.0. The number of hydrogen-bond donors (Lipinski definition) is 2. The maximum absolute atomic E-state index is 13.7. The van der Waals surface area contributed by atoms with Crippen LogP contribution in [0.25, 0.3) is 0 Å². The fourth-order valence-corrected chi connectivity index (χ4v) is 1.58. The van der Waals surface area contributed by atoms with Crippen molar-refractivity contribution in [2.75, 3.05) is 27.4 Å². The van der Waals surface area contributed by atoms with Gasteiger partial charge in [-0.1, -0.05) is 6.07 Å². The summed E-state index contributed by atoms with van der Waals surface area (Å²) in [5, 5.41) is 5.68. The van der Waals surface area contributed by atoms with E-state index in [-0.39, 0.29) is 18.3 Å². The fourth-order valence-electron chi connectivity index (χ4n) is 1.58. The highest BCUT2D eigenvalue weighted by atomic mass is 19.1. The van der Waals surface area contributed by atoms with Gasteiger partial charge in [-0.15, -0.1) is 0 Å². The van der Waals surface area contributed by atoms with Crippen molar-refractivity contribution in [3.63, 3.8) is 0 Å². The van der Waals surface area contributed by atoms with Gasteiger partial charge in [0.05, 0.1) is 19.8 Å². The van der Waals surface area contributed by atoms with E-state index >= 15 is 0 Å². The molecule has 1 unspecified atom stereocenters. The van der Waals surface area contributed by atoms with Crippen LogP contribution in [0.3, 0.4) is 0 Å². The SMILES string of the molecule is COCCNC(=O)C(C)NCc1ccc(OC)cc1F. The van der Waals surface area contributed by atoms with Crippen molar-refractivity contribution in [1.82, 2.24) is 10.6 Å².